The Kier molecular flexibility index (Phi) is 3.07. The van der Waals surface area contributed by atoms with Crippen LogP contribution >= 0.6 is 0 Å². The standard InChI is InChI=1S/C15H17NO2/c1-16-14(10-13-3-2-7-17-13)11-4-5-15-12(9-11)6-8-18-15/h2-5,7,9,14,16H,6,8,10H2,1H3. The lowest BCUT2D eigenvalue weighted by Crippen LogP contribution is -2.18. The largest absolute Gasteiger partial charge is 0.493 e. The quantitative estimate of drug-likeness (QED) is 0.896. The molecule has 1 N–H and O–H groups in total. The first-order valence-electron chi connectivity index (χ1n) is 6.32. The monoisotopic (exact) mass is 243 g/mol. The summed E-state index contributed by atoms with van der Waals surface area (Å²) in [5, 5.41) is 3.35. The summed E-state index contributed by atoms with van der Waals surface area (Å²) in [6.45, 7) is 0.807. The minimum absolute atomic E-state index is 0.280. The predicted octanol–water partition coefficient (Wildman–Crippen LogP) is 2.72. The van der Waals surface area contributed by atoms with Gasteiger partial charge in [-0.1, -0.05) is 12.1 Å². The second-order valence-corrected chi connectivity index (χ2v) is 4.59. The summed E-state index contributed by atoms with van der Waals surface area (Å²) in [4.78, 5) is 0. The molecule has 94 valence electrons. The average molecular weight is 243 g/mol. The van der Waals surface area contributed by atoms with E-state index in [2.05, 4.69) is 23.5 Å². The zero-order valence-electron chi connectivity index (χ0n) is 10.5. The molecule has 1 aromatic heterocycles. The number of fused-ring (bicyclic) bond motifs is 1. The van der Waals surface area contributed by atoms with Gasteiger partial charge in [0.05, 0.1) is 12.9 Å². The lowest BCUT2D eigenvalue weighted by molar-refractivity contribution is 0.356. The smallest absolute Gasteiger partial charge is 0.122 e. The van der Waals surface area contributed by atoms with E-state index in [1.165, 1.54) is 11.1 Å². The molecule has 0 aliphatic carbocycles. The Morgan fingerprint density at radius 3 is 3.06 bits per heavy atom. The van der Waals surface area contributed by atoms with Crippen LogP contribution in [0.2, 0.25) is 0 Å². The van der Waals surface area contributed by atoms with E-state index in [-0.39, 0.29) is 6.04 Å². The minimum Gasteiger partial charge on any atom is -0.493 e. The summed E-state index contributed by atoms with van der Waals surface area (Å²) < 4.78 is 10.9. The van der Waals surface area contributed by atoms with Crippen molar-refractivity contribution >= 4 is 0 Å². The summed E-state index contributed by atoms with van der Waals surface area (Å²) in [5.74, 6) is 2.04. The van der Waals surface area contributed by atoms with Gasteiger partial charge in [0.1, 0.15) is 11.5 Å². The molecule has 3 nitrogen and oxygen atoms in total. The maximum atomic E-state index is 5.53. The lowest BCUT2D eigenvalue weighted by Gasteiger charge is -2.16. The second kappa shape index (κ2) is 4.86. The zero-order chi connectivity index (χ0) is 12.4. The third kappa shape index (κ3) is 2.14. The van der Waals surface area contributed by atoms with Crippen molar-refractivity contribution in [2.75, 3.05) is 13.7 Å². The van der Waals surface area contributed by atoms with Crippen LogP contribution in [-0.4, -0.2) is 13.7 Å². The molecule has 1 aromatic carbocycles. The number of benzene rings is 1. The van der Waals surface area contributed by atoms with E-state index in [4.69, 9.17) is 9.15 Å². The van der Waals surface area contributed by atoms with Crippen LogP contribution in [0.25, 0.3) is 0 Å². The topological polar surface area (TPSA) is 34.4 Å². The van der Waals surface area contributed by atoms with E-state index in [1.807, 2.05) is 19.2 Å². The molecule has 0 fully saturated rings. The fourth-order valence-electron chi connectivity index (χ4n) is 2.44. The van der Waals surface area contributed by atoms with Crippen molar-refractivity contribution in [3.8, 4) is 5.75 Å². The van der Waals surface area contributed by atoms with Crippen molar-refractivity contribution in [1.29, 1.82) is 0 Å². The van der Waals surface area contributed by atoms with Gasteiger partial charge >= 0.3 is 0 Å². The maximum absolute atomic E-state index is 5.53. The Labute approximate surface area is 107 Å². The molecule has 1 aliphatic heterocycles. The highest BCUT2D eigenvalue weighted by Gasteiger charge is 2.17. The third-order valence-electron chi connectivity index (χ3n) is 3.45. The van der Waals surface area contributed by atoms with Crippen molar-refractivity contribution in [3.63, 3.8) is 0 Å². The number of ether oxygens (including phenoxy) is 1. The van der Waals surface area contributed by atoms with Crippen LogP contribution in [0, 0.1) is 0 Å². The third-order valence-corrected chi connectivity index (χ3v) is 3.45. The predicted molar refractivity (Wildman–Crippen MR) is 69.9 cm³/mol. The molecule has 18 heavy (non-hydrogen) atoms. The number of nitrogens with one attached hydrogen (secondary N) is 1. The van der Waals surface area contributed by atoms with E-state index in [9.17, 15) is 0 Å². The van der Waals surface area contributed by atoms with E-state index in [0.29, 0.717) is 0 Å². The van der Waals surface area contributed by atoms with Crippen LogP contribution in [0.1, 0.15) is 22.9 Å². The van der Waals surface area contributed by atoms with Gasteiger partial charge in [-0.25, -0.2) is 0 Å². The Bertz CT molecular complexity index is 519. The van der Waals surface area contributed by atoms with Crippen LogP contribution in [0.3, 0.4) is 0 Å². The zero-order valence-corrected chi connectivity index (χ0v) is 10.5. The summed E-state index contributed by atoms with van der Waals surface area (Å²) in [6.07, 6.45) is 3.60. The molecule has 0 spiro atoms. The van der Waals surface area contributed by atoms with Gasteiger partial charge in [0.25, 0.3) is 0 Å². The molecule has 0 bridgehead atoms. The Morgan fingerprint density at radius 1 is 1.33 bits per heavy atom. The van der Waals surface area contributed by atoms with Gasteiger partial charge in [-0.05, 0) is 36.4 Å². The minimum atomic E-state index is 0.280. The van der Waals surface area contributed by atoms with Crippen molar-refractivity contribution in [3.05, 3.63) is 53.5 Å². The Balaban J connectivity index is 1.83. The first kappa shape index (κ1) is 11.4. The highest BCUT2D eigenvalue weighted by molar-refractivity contribution is 5.41. The fourth-order valence-corrected chi connectivity index (χ4v) is 2.44. The average Bonchev–Trinajstić information content (AvgIpc) is 3.06. The molecule has 0 amide bonds. The van der Waals surface area contributed by atoms with Crippen LogP contribution in [0.4, 0.5) is 0 Å². The van der Waals surface area contributed by atoms with E-state index < -0.39 is 0 Å². The normalized spacial score (nSPS) is 15.2. The van der Waals surface area contributed by atoms with Gasteiger partial charge < -0.3 is 14.5 Å². The molecule has 0 saturated heterocycles. The fraction of sp³-hybridized carbons (Fsp3) is 0.333. The van der Waals surface area contributed by atoms with Crippen LogP contribution in [-0.2, 0) is 12.8 Å². The van der Waals surface area contributed by atoms with Crippen molar-refractivity contribution in [2.45, 2.75) is 18.9 Å². The molecule has 3 heteroatoms. The van der Waals surface area contributed by atoms with Crippen LogP contribution in [0.15, 0.2) is 41.0 Å². The highest BCUT2D eigenvalue weighted by Crippen LogP contribution is 2.29. The van der Waals surface area contributed by atoms with Crippen molar-refractivity contribution < 1.29 is 9.15 Å². The number of hydrogen-bond donors (Lipinski definition) is 1. The summed E-state index contributed by atoms with van der Waals surface area (Å²) in [5.41, 5.74) is 2.60. The van der Waals surface area contributed by atoms with E-state index in [0.717, 1.165) is 31.0 Å². The number of rotatable bonds is 4. The molecule has 1 atom stereocenters. The van der Waals surface area contributed by atoms with Gasteiger partial charge in [0.15, 0.2) is 0 Å². The summed E-state index contributed by atoms with van der Waals surface area (Å²) >= 11 is 0. The molecule has 2 aromatic rings. The molecule has 1 aliphatic rings. The highest BCUT2D eigenvalue weighted by atomic mass is 16.5. The number of hydrogen-bond acceptors (Lipinski definition) is 3. The molecule has 2 heterocycles. The Morgan fingerprint density at radius 2 is 2.28 bits per heavy atom. The molecule has 1 unspecified atom stereocenters. The van der Waals surface area contributed by atoms with Crippen molar-refractivity contribution in [1.82, 2.24) is 5.32 Å². The van der Waals surface area contributed by atoms with Gasteiger partial charge in [-0.2, -0.15) is 0 Å². The van der Waals surface area contributed by atoms with E-state index in [1.54, 1.807) is 6.26 Å². The molecule has 0 radical (unpaired) electrons. The molecule has 0 saturated carbocycles. The number of furan rings is 1. The van der Waals surface area contributed by atoms with Gasteiger partial charge in [0.2, 0.25) is 0 Å². The lowest BCUT2D eigenvalue weighted by atomic mass is 9.99. The van der Waals surface area contributed by atoms with Crippen LogP contribution < -0.4 is 10.1 Å². The first-order chi connectivity index (χ1) is 8.86. The van der Waals surface area contributed by atoms with E-state index >= 15 is 0 Å². The summed E-state index contributed by atoms with van der Waals surface area (Å²) in [6, 6.07) is 10.7. The molecular formula is C15H17NO2. The second-order valence-electron chi connectivity index (χ2n) is 4.59. The first-order valence-corrected chi connectivity index (χ1v) is 6.32. The summed E-state index contributed by atoms with van der Waals surface area (Å²) in [7, 11) is 1.98. The SMILES string of the molecule is CNC(Cc1ccco1)c1ccc2c(c1)CCO2. The molecular weight excluding hydrogens is 226 g/mol. The molecule has 3 rings (SSSR count). The maximum Gasteiger partial charge on any atom is 0.122 e. The van der Waals surface area contributed by atoms with Crippen molar-refractivity contribution in [2.24, 2.45) is 0 Å². The van der Waals surface area contributed by atoms with Crippen LogP contribution in [0.5, 0.6) is 5.75 Å². The van der Waals surface area contributed by atoms with Gasteiger partial charge in [-0.15, -0.1) is 0 Å². The van der Waals surface area contributed by atoms with Gasteiger partial charge in [-0.3, -0.25) is 0 Å². The Hall–Kier alpha value is -1.74. The number of likely N-dealkylation sites (N-methyl/N-ethyl adjacent to an activating group) is 1. The van der Waals surface area contributed by atoms with Gasteiger partial charge in [0, 0.05) is 18.9 Å².